The van der Waals surface area contributed by atoms with Crippen molar-refractivity contribution in [1.29, 1.82) is 0 Å². The van der Waals surface area contributed by atoms with E-state index in [1.165, 1.54) is 103 Å². The van der Waals surface area contributed by atoms with Gasteiger partial charge in [-0.05, 0) is 122 Å². The van der Waals surface area contributed by atoms with Crippen molar-refractivity contribution in [3.8, 4) is 0 Å². The summed E-state index contributed by atoms with van der Waals surface area (Å²) in [5.74, 6) is -0.914. The maximum absolute atomic E-state index is 12.9. The second-order valence-electron chi connectivity index (χ2n) is 22.3. The first kappa shape index (κ1) is 78.3. The lowest BCUT2D eigenvalue weighted by molar-refractivity contribution is -0.167. The molecule has 0 N–H and O–H groups in total. The van der Waals surface area contributed by atoms with Gasteiger partial charge in [-0.15, -0.1) is 0 Å². The van der Waals surface area contributed by atoms with Crippen molar-refractivity contribution in [1.82, 2.24) is 0 Å². The SMILES string of the molecule is CC/C=C\C/C=C\C/C=C\C/C=C\C/C=C\C/C=C\C/C=C\C/C=C\C/C=C\CCCCCCCC(=O)OCC(COC(=O)CCCCCCCCCCCCCCCCC)OC(=O)CCCCCCCCC/C=C\C/C=C\C/C=C\CC. The molecule has 0 rings (SSSR count). The summed E-state index contributed by atoms with van der Waals surface area (Å²) in [6.45, 7) is 6.41. The fraction of sp³-hybridized carbons (Fsp3) is 0.649. The highest BCUT2D eigenvalue weighted by Gasteiger charge is 2.19. The second-order valence-corrected chi connectivity index (χ2v) is 22.3. The minimum Gasteiger partial charge on any atom is -0.462 e. The summed E-state index contributed by atoms with van der Waals surface area (Å²) in [5, 5.41) is 0. The Morgan fingerprint density at radius 1 is 0.253 bits per heavy atom. The van der Waals surface area contributed by atoms with Crippen LogP contribution in [0.2, 0.25) is 0 Å². The van der Waals surface area contributed by atoms with Crippen molar-refractivity contribution in [3.63, 3.8) is 0 Å². The van der Waals surface area contributed by atoms with Gasteiger partial charge in [0.1, 0.15) is 13.2 Å². The number of hydrogen-bond donors (Lipinski definition) is 0. The highest BCUT2D eigenvalue weighted by molar-refractivity contribution is 5.71. The number of allylic oxidation sites excluding steroid dienone is 24. The Morgan fingerprint density at radius 2 is 0.470 bits per heavy atom. The number of hydrogen-bond acceptors (Lipinski definition) is 6. The van der Waals surface area contributed by atoms with E-state index in [2.05, 4.69) is 167 Å². The number of ether oxygens (including phenoxy) is 3. The largest absolute Gasteiger partial charge is 0.462 e. The first-order chi connectivity index (χ1) is 41.0. The molecule has 1 unspecified atom stereocenters. The van der Waals surface area contributed by atoms with Gasteiger partial charge in [0.05, 0.1) is 0 Å². The Balaban J connectivity index is 4.36. The van der Waals surface area contributed by atoms with Gasteiger partial charge in [-0.3, -0.25) is 14.4 Å². The van der Waals surface area contributed by atoms with E-state index in [1.54, 1.807) is 0 Å². The molecule has 0 aromatic carbocycles. The zero-order valence-electron chi connectivity index (χ0n) is 53.9. The van der Waals surface area contributed by atoms with Gasteiger partial charge < -0.3 is 14.2 Å². The standard InChI is InChI=1S/C77H126O6/c1-4-7-10-13-16-19-22-25-28-30-31-32-33-34-35-36-37-38-39-40-41-42-43-44-45-47-49-52-55-58-61-64-67-70-76(79)82-73-74(72-81-75(78)69-66-63-60-57-54-51-48-27-24-21-18-15-12-9-6-3)83-77(80)71-68-65-62-59-56-53-50-46-29-26-23-20-17-14-11-8-5-2/h7-8,10-11,16-17,19-20,25-26,28-29,31-32,34-35,37-38,40-41,43-44,47,49,74H,4-6,9,12-15,18,21-24,27,30,33,36,39,42,45-46,48,50-73H2,1-3H3/b10-7-,11-8-,19-16-,20-17-,28-25-,29-26-,32-31-,35-34-,38-37-,41-40-,44-43-,49-47-. The summed E-state index contributed by atoms with van der Waals surface area (Å²) in [6, 6.07) is 0. The highest BCUT2D eigenvalue weighted by atomic mass is 16.6. The van der Waals surface area contributed by atoms with Gasteiger partial charge in [0.25, 0.3) is 0 Å². The van der Waals surface area contributed by atoms with Crippen LogP contribution >= 0.6 is 0 Å². The maximum atomic E-state index is 12.9. The van der Waals surface area contributed by atoms with Crippen LogP contribution in [0.3, 0.4) is 0 Å². The Morgan fingerprint density at radius 3 is 0.735 bits per heavy atom. The van der Waals surface area contributed by atoms with E-state index in [1.807, 2.05) is 0 Å². The fourth-order valence-corrected chi connectivity index (χ4v) is 9.27. The van der Waals surface area contributed by atoms with Gasteiger partial charge in [-0.1, -0.05) is 308 Å². The minimum atomic E-state index is -0.797. The van der Waals surface area contributed by atoms with Gasteiger partial charge in [0, 0.05) is 19.3 Å². The van der Waals surface area contributed by atoms with Crippen LogP contribution in [0.25, 0.3) is 0 Å². The summed E-state index contributed by atoms with van der Waals surface area (Å²) in [4.78, 5) is 38.4. The number of rotatable bonds is 61. The number of carbonyl (C=O) groups is 3. The van der Waals surface area contributed by atoms with Crippen LogP contribution < -0.4 is 0 Å². The third-order valence-electron chi connectivity index (χ3n) is 14.3. The molecule has 0 heterocycles. The van der Waals surface area contributed by atoms with Crippen LogP contribution in [-0.4, -0.2) is 37.2 Å². The molecule has 0 amide bonds. The topological polar surface area (TPSA) is 78.9 Å². The lowest BCUT2D eigenvalue weighted by Gasteiger charge is -2.18. The Hall–Kier alpha value is -4.71. The molecule has 0 saturated carbocycles. The van der Waals surface area contributed by atoms with Crippen LogP contribution in [0.4, 0.5) is 0 Å². The lowest BCUT2D eigenvalue weighted by atomic mass is 10.0. The van der Waals surface area contributed by atoms with E-state index in [0.717, 1.165) is 161 Å². The molecular weight excluding hydrogens is 1020 g/mol. The summed E-state index contributed by atoms with van der Waals surface area (Å²) < 4.78 is 16.9. The number of carbonyl (C=O) groups excluding carboxylic acids is 3. The van der Waals surface area contributed by atoms with Gasteiger partial charge >= 0.3 is 17.9 Å². The van der Waals surface area contributed by atoms with Crippen LogP contribution in [0.1, 0.15) is 303 Å². The van der Waals surface area contributed by atoms with Crippen molar-refractivity contribution in [2.24, 2.45) is 0 Å². The molecular formula is C77H126O6. The van der Waals surface area contributed by atoms with Crippen LogP contribution in [0.5, 0.6) is 0 Å². The second kappa shape index (κ2) is 69.8. The van der Waals surface area contributed by atoms with E-state index in [4.69, 9.17) is 14.2 Å². The molecule has 0 aliphatic heterocycles. The maximum Gasteiger partial charge on any atom is 0.306 e. The molecule has 0 bridgehead atoms. The Bertz CT molecular complexity index is 1800. The smallest absolute Gasteiger partial charge is 0.306 e. The van der Waals surface area contributed by atoms with E-state index in [-0.39, 0.29) is 31.1 Å². The molecule has 1 atom stereocenters. The molecule has 6 nitrogen and oxygen atoms in total. The monoisotopic (exact) mass is 1150 g/mol. The summed E-state index contributed by atoms with van der Waals surface area (Å²) in [6.07, 6.45) is 100. The summed E-state index contributed by atoms with van der Waals surface area (Å²) >= 11 is 0. The average molecular weight is 1150 g/mol. The number of unbranched alkanes of at least 4 members (excludes halogenated alkanes) is 26. The van der Waals surface area contributed by atoms with Crippen molar-refractivity contribution >= 4 is 17.9 Å². The molecule has 0 radical (unpaired) electrons. The van der Waals surface area contributed by atoms with Crippen LogP contribution in [-0.2, 0) is 28.6 Å². The molecule has 0 fully saturated rings. The van der Waals surface area contributed by atoms with Gasteiger partial charge in [-0.25, -0.2) is 0 Å². The highest BCUT2D eigenvalue weighted by Crippen LogP contribution is 2.16. The zero-order valence-corrected chi connectivity index (χ0v) is 53.9. The minimum absolute atomic E-state index is 0.0898. The summed E-state index contributed by atoms with van der Waals surface area (Å²) in [7, 11) is 0. The molecule has 6 heteroatoms. The molecule has 470 valence electrons. The Kier molecular flexibility index (Phi) is 65.8. The quantitative estimate of drug-likeness (QED) is 0.0261. The first-order valence-corrected chi connectivity index (χ1v) is 34.3. The van der Waals surface area contributed by atoms with Crippen LogP contribution in [0.15, 0.2) is 146 Å². The zero-order chi connectivity index (χ0) is 59.9. The third-order valence-corrected chi connectivity index (χ3v) is 14.3. The van der Waals surface area contributed by atoms with E-state index < -0.39 is 6.10 Å². The third kappa shape index (κ3) is 68.0. The van der Waals surface area contributed by atoms with E-state index in [9.17, 15) is 14.4 Å². The van der Waals surface area contributed by atoms with Crippen molar-refractivity contribution in [2.75, 3.05) is 13.2 Å². The van der Waals surface area contributed by atoms with E-state index in [0.29, 0.717) is 19.3 Å². The van der Waals surface area contributed by atoms with Crippen molar-refractivity contribution in [2.45, 2.75) is 309 Å². The molecule has 0 aromatic rings. The molecule has 0 spiro atoms. The molecule has 0 aromatic heterocycles. The van der Waals surface area contributed by atoms with Crippen LogP contribution in [0, 0.1) is 0 Å². The predicted molar refractivity (Wildman–Crippen MR) is 362 cm³/mol. The molecule has 0 aliphatic rings. The number of esters is 3. The van der Waals surface area contributed by atoms with Gasteiger partial charge in [-0.2, -0.15) is 0 Å². The van der Waals surface area contributed by atoms with E-state index >= 15 is 0 Å². The van der Waals surface area contributed by atoms with Gasteiger partial charge in [0.15, 0.2) is 6.10 Å². The summed E-state index contributed by atoms with van der Waals surface area (Å²) in [5.41, 5.74) is 0. The average Bonchev–Trinajstić information content (AvgIpc) is 3.49. The predicted octanol–water partition coefficient (Wildman–Crippen LogP) is 23.9. The normalized spacial score (nSPS) is 13.0. The van der Waals surface area contributed by atoms with Crippen molar-refractivity contribution < 1.29 is 28.6 Å². The van der Waals surface area contributed by atoms with Crippen molar-refractivity contribution in [3.05, 3.63) is 146 Å². The first-order valence-electron chi connectivity index (χ1n) is 34.3. The Labute approximate surface area is 512 Å². The molecule has 83 heavy (non-hydrogen) atoms. The fourth-order valence-electron chi connectivity index (χ4n) is 9.27. The molecule has 0 aliphatic carbocycles. The lowest BCUT2D eigenvalue weighted by Crippen LogP contribution is -2.30. The molecule has 0 saturated heterocycles. The van der Waals surface area contributed by atoms with Gasteiger partial charge in [0.2, 0.25) is 0 Å².